The van der Waals surface area contributed by atoms with Gasteiger partial charge >= 0.3 is 0 Å². The first-order valence-electron chi connectivity index (χ1n) is 10.8. The number of nitrogens with one attached hydrogen (secondary N) is 1. The van der Waals surface area contributed by atoms with Crippen LogP contribution in [-0.4, -0.2) is 35.8 Å². The molecule has 0 bridgehead atoms. The normalized spacial score (nSPS) is 25.8. The molecule has 148 valence electrons. The lowest BCUT2D eigenvalue weighted by Crippen LogP contribution is -2.47. The smallest absolute Gasteiger partial charge is 0.225 e. The zero-order valence-corrected chi connectivity index (χ0v) is 16.7. The van der Waals surface area contributed by atoms with E-state index in [1.807, 2.05) is 18.2 Å². The summed E-state index contributed by atoms with van der Waals surface area (Å²) in [6, 6.07) is 10.7. The first kappa shape index (κ1) is 19.9. The van der Waals surface area contributed by atoms with Crippen molar-refractivity contribution in [1.29, 1.82) is 0 Å². The molecule has 1 aliphatic carbocycles. The lowest BCUT2D eigenvalue weighted by Gasteiger charge is -2.39. The van der Waals surface area contributed by atoms with Crippen molar-refractivity contribution < 1.29 is 9.59 Å². The molecule has 1 saturated carbocycles. The molecule has 27 heavy (non-hydrogen) atoms. The second kappa shape index (κ2) is 9.91. The van der Waals surface area contributed by atoms with E-state index in [-0.39, 0.29) is 17.7 Å². The highest BCUT2D eigenvalue weighted by Gasteiger charge is 2.34. The van der Waals surface area contributed by atoms with Crippen molar-refractivity contribution >= 4 is 11.8 Å². The average molecular weight is 371 g/mol. The van der Waals surface area contributed by atoms with Gasteiger partial charge in [0.2, 0.25) is 11.8 Å². The highest BCUT2D eigenvalue weighted by molar-refractivity contribution is 5.81. The van der Waals surface area contributed by atoms with Crippen LogP contribution in [0.5, 0.6) is 0 Å². The van der Waals surface area contributed by atoms with Crippen LogP contribution in [0.3, 0.4) is 0 Å². The van der Waals surface area contributed by atoms with Crippen LogP contribution in [0.4, 0.5) is 0 Å². The zero-order valence-electron chi connectivity index (χ0n) is 16.7. The van der Waals surface area contributed by atoms with Crippen molar-refractivity contribution in [2.45, 2.75) is 70.8 Å². The van der Waals surface area contributed by atoms with Gasteiger partial charge in [-0.05, 0) is 63.4 Å². The third-order valence-electron chi connectivity index (χ3n) is 6.38. The maximum absolute atomic E-state index is 13.0. The summed E-state index contributed by atoms with van der Waals surface area (Å²) in [5.41, 5.74) is 1.25. The van der Waals surface area contributed by atoms with Crippen molar-refractivity contribution in [3.8, 4) is 0 Å². The fourth-order valence-corrected chi connectivity index (χ4v) is 4.67. The van der Waals surface area contributed by atoms with E-state index in [1.54, 1.807) is 0 Å². The number of hydrogen-bond acceptors (Lipinski definition) is 2. The Morgan fingerprint density at radius 3 is 2.41 bits per heavy atom. The van der Waals surface area contributed by atoms with Crippen molar-refractivity contribution in [3.05, 3.63) is 35.9 Å². The molecule has 4 nitrogen and oxygen atoms in total. The second-order valence-electron chi connectivity index (χ2n) is 8.16. The van der Waals surface area contributed by atoms with Crippen LogP contribution in [0.2, 0.25) is 0 Å². The third-order valence-corrected chi connectivity index (χ3v) is 6.38. The van der Waals surface area contributed by atoms with E-state index >= 15 is 0 Å². The topological polar surface area (TPSA) is 49.4 Å². The number of carbonyl (C=O) groups excluding carboxylic acids is 2. The van der Waals surface area contributed by atoms with Gasteiger partial charge in [-0.3, -0.25) is 9.59 Å². The molecule has 3 rings (SSSR count). The van der Waals surface area contributed by atoms with Gasteiger partial charge in [0.1, 0.15) is 0 Å². The Kier molecular flexibility index (Phi) is 7.31. The summed E-state index contributed by atoms with van der Waals surface area (Å²) in [6.07, 6.45) is 8.89. The largest absolute Gasteiger partial charge is 0.356 e. The van der Waals surface area contributed by atoms with Crippen molar-refractivity contribution in [2.24, 2.45) is 11.8 Å². The fourth-order valence-electron chi connectivity index (χ4n) is 4.67. The van der Waals surface area contributed by atoms with Gasteiger partial charge in [-0.15, -0.1) is 0 Å². The molecule has 1 N–H and O–H groups in total. The Labute approximate surface area is 163 Å². The molecule has 1 aromatic carbocycles. The number of rotatable bonds is 6. The molecule has 2 aliphatic rings. The SMILES string of the molecule is CCC1CCCCN1C(=O)C1CCC(C(=O)NCCc2ccccc2)CC1. The number of nitrogens with zero attached hydrogens (tertiary/aromatic N) is 1. The number of piperidine rings is 1. The van der Waals surface area contributed by atoms with Crippen molar-refractivity contribution in [1.82, 2.24) is 10.2 Å². The van der Waals surface area contributed by atoms with Gasteiger partial charge in [-0.25, -0.2) is 0 Å². The molecule has 1 heterocycles. The summed E-state index contributed by atoms with van der Waals surface area (Å²) in [4.78, 5) is 27.6. The van der Waals surface area contributed by atoms with Crippen LogP contribution in [0.25, 0.3) is 0 Å². The van der Waals surface area contributed by atoms with Gasteiger partial charge in [-0.1, -0.05) is 37.3 Å². The summed E-state index contributed by atoms with van der Waals surface area (Å²) in [5, 5.41) is 3.09. The highest BCUT2D eigenvalue weighted by atomic mass is 16.2. The first-order chi connectivity index (χ1) is 13.2. The third kappa shape index (κ3) is 5.33. The quantitative estimate of drug-likeness (QED) is 0.824. The monoisotopic (exact) mass is 370 g/mol. The molecule has 1 atom stereocenters. The lowest BCUT2D eigenvalue weighted by molar-refractivity contribution is -0.141. The number of amides is 2. The van der Waals surface area contributed by atoms with Crippen LogP contribution in [0.15, 0.2) is 30.3 Å². The number of benzene rings is 1. The van der Waals surface area contributed by atoms with E-state index in [9.17, 15) is 9.59 Å². The average Bonchev–Trinajstić information content (AvgIpc) is 2.74. The first-order valence-corrected chi connectivity index (χ1v) is 10.8. The number of likely N-dealkylation sites (tertiary alicyclic amines) is 1. The maximum Gasteiger partial charge on any atom is 0.225 e. The summed E-state index contributed by atoms with van der Waals surface area (Å²) >= 11 is 0. The Morgan fingerprint density at radius 2 is 1.70 bits per heavy atom. The van der Waals surface area contributed by atoms with Crippen LogP contribution in [0, 0.1) is 11.8 Å². The minimum absolute atomic E-state index is 0.0770. The Balaban J connectivity index is 1.41. The molecule has 1 aliphatic heterocycles. The van der Waals surface area contributed by atoms with Gasteiger partial charge in [-0.2, -0.15) is 0 Å². The van der Waals surface area contributed by atoms with Gasteiger partial charge < -0.3 is 10.2 Å². The predicted molar refractivity (Wildman–Crippen MR) is 108 cm³/mol. The zero-order chi connectivity index (χ0) is 19.1. The number of hydrogen-bond donors (Lipinski definition) is 1. The Morgan fingerprint density at radius 1 is 1.00 bits per heavy atom. The molecule has 2 fully saturated rings. The van der Waals surface area contributed by atoms with Crippen LogP contribution < -0.4 is 5.32 Å². The molecule has 2 amide bonds. The molecule has 0 aromatic heterocycles. The summed E-state index contributed by atoms with van der Waals surface area (Å²) < 4.78 is 0. The van der Waals surface area contributed by atoms with E-state index in [0.29, 0.717) is 18.5 Å². The molecule has 1 saturated heterocycles. The van der Waals surface area contributed by atoms with Gasteiger partial charge in [0, 0.05) is 31.0 Å². The molecule has 0 spiro atoms. The Bertz CT molecular complexity index is 608. The predicted octanol–water partition coefficient (Wildman–Crippen LogP) is 3.94. The molecule has 1 aromatic rings. The molecular formula is C23H34N2O2. The minimum atomic E-state index is 0.0770. The Hall–Kier alpha value is -1.84. The summed E-state index contributed by atoms with van der Waals surface area (Å²) in [5.74, 6) is 0.726. The van der Waals surface area contributed by atoms with E-state index in [4.69, 9.17) is 0 Å². The van der Waals surface area contributed by atoms with Gasteiger partial charge in [0.05, 0.1) is 0 Å². The summed E-state index contributed by atoms with van der Waals surface area (Å²) in [6.45, 7) is 3.80. The van der Waals surface area contributed by atoms with E-state index in [0.717, 1.165) is 57.9 Å². The molecule has 0 radical (unpaired) electrons. The maximum atomic E-state index is 13.0. The van der Waals surface area contributed by atoms with Crippen molar-refractivity contribution in [3.63, 3.8) is 0 Å². The highest BCUT2D eigenvalue weighted by Crippen LogP contribution is 2.32. The van der Waals surface area contributed by atoms with Gasteiger partial charge in [0.25, 0.3) is 0 Å². The molecular weight excluding hydrogens is 336 g/mol. The van der Waals surface area contributed by atoms with Crippen LogP contribution >= 0.6 is 0 Å². The second-order valence-corrected chi connectivity index (χ2v) is 8.16. The van der Waals surface area contributed by atoms with Crippen molar-refractivity contribution in [2.75, 3.05) is 13.1 Å². The van der Waals surface area contributed by atoms with E-state index < -0.39 is 0 Å². The lowest BCUT2D eigenvalue weighted by atomic mass is 9.80. The molecule has 4 heteroatoms. The van der Waals surface area contributed by atoms with E-state index in [2.05, 4.69) is 29.3 Å². The van der Waals surface area contributed by atoms with Crippen LogP contribution in [-0.2, 0) is 16.0 Å². The number of carbonyl (C=O) groups is 2. The summed E-state index contributed by atoms with van der Waals surface area (Å²) in [7, 11) is 0. The van der Waals surface area contributed by atoms with Gasteiger partial charge in [0.15, 0.2) is 0 Å². The van der Waals surface area contributed by atoms with Crippen LogP contribution in [0.1, 0.15) is 63.9 Å². The molecule has 1 unspecified atom stereocenters. The van der Waals surface area contributed by atoms with E-state index in [1.165, 1.54) is 12.0 Å². The fraction of sp³-hybridized carbons (Fsp3) is 0.652. The minimum Gasteiger partial charge on any atom is -0.356 e. The standard InChI is InChI=1S/C23H34N2O2/c1-2-21-10-6-7-17-25(21)23(27)20-13-11-19(12-14-20)22(26)24-16-15-18-8-4-3-5-9-18/h3-5,8-9,19-21H,2,6-7,10-17H2,1H3,(H,24,26).